The predicted molar refractivity (Wildman–Crippen MR) is 85.0 cm³/mol. The van der Waals surface area contributed by atoms with E-state index in [4.69, 9.17) is 9.15 Å². The number of nitrogens with zero attached hydrogens (tertiary/aromatic N) is 1. The molecule has 0 aliphatic rings. The zero-order valence-corrected chi connectivity index (χ0v) is 13.5. The Morgan fingerprint density at radius 1 is 1.43 bits per heavy atom. The van der Waals surface area contributed by atoms with E-state index in [9.17, 15) is 4.79 Å². The van der Waals surface area contributed by atoms with E-state index in [0.29, 0.717) is 12.4 Å². The number of hydrogen-bond acceptors (Lipinski definition) is 4. The molecule has 0 atom stereocenters. The molecule has 0 saturated carbocycles. The van der Waals surface area contributed by atoms with Crippen molar-refractivity contribution >= 4 is 17.5 Å². The van der Waals surface area contributed by atoms with E-state index >= 15 is 0 Å². The van der Waals surface area contributed by atoms with E-state index in [1.165, 1.54) is 0 Å². The molecule has 0 bridgehead atoms. The molecule has 0 aliphatic carbocycles. The summed E-state index contributed by atoms with van der Waals surface area (Å²) in [6.07, 6.45) is 1.65. The summed E-state index contributed by atoms with van der Waals surface area (Å²) in [5, 5.41) is 0. The van der Waals surface area contributed by atoms with Gasteiger partial charge in [-0.05, 0) is 32.0 Å². The van der Waals surface area contributed by atoms with Crippen molar-refractivity contribution in [3.05, 3.63) is 47.2 Å². The van der Waals surface area contributed by atoms with Crippen LogP contribution < -0.4 is 0 Å². The summed E-state index contributed by atoms with van der Waals surface area (Å²) < 4.78 is 12.5. The Bertz CT molecular complexity index is 587. The van der Waals surface area contributed by atoms with Gasteiger partial charge in [-0.25, -0.2) is 0 Å². The maximum Gasteiger partial charge on any atom is 0.174 e. The summed E-state index contributed by atoms with van der Waals surface area (Å²) in [4.78, 5) is 12.3. The van der Waals surface area contributed by atoms with Gasteiger partial charge < -0.3 is 13.7 Å². The van der Waals surface area contributed by atoms with Gasteiger partial charge in [0.2, 0.25) is 0 Å². The van der Waals surface area contributed by atoms with Gasteiger partial charge in [0.05, 0.1) is 24.4 Å². The van der Waals surface area contributed by atoms with Gasteiger partial charge in [-0.3, -0.25) is 4.79 Å². The van der Waals surface area contributed by atoms with E-state index in [2.05, 4.69) is 4.57 Å². The Kier molecular flexibility index (Phi) is 5.70. The average molecular weight is 307 g/mol. The summed E-state index contributed by atoms with van der Waals surface area (Å²) in [7, 11) is 1.69. The van der Waals surface area contributed by atoms with Crippen molar-refractivity contribution in [3.8, 4) is 0 Å². The number of carbonyl (C=O) groups excluding carboxylic acids is 1. The summed E-state index contributed by atoms with van der Waals surface area (Å²) in [6.45, 7) is 5.45. The Labute approximate surface area is 129 Å². The topological polar surface area (TPSA) is 44.4 Å². The van der Waals surface area contributed by atoms with E-state index < -0.39 is 0 Å². The van der Waals surface area contributed by atoms with Gasteiger partial charge in [0.1, 0.15) is 5.76 Å². The van der Waals surface area contributed by atoms with Crippen molar-refractivity contribution < 1.29 is 13.9 Å². The summed E-state index contributed by atoms with van der Waals surface area (Å²) in [5.41, 5.74) is 2.94. The Morgan fingerprint density at radius 2 is 2.24 bits per heavy atom. The number of thioether (sulfide) groups is 1. The molecule has 0 N–H and O–H groups in total. The number of carbonyl (C=O) groups is 1. The molecular weight excluding hydrogens is 286 g/mol. The molecule has 5 heteroatoms. The molecule has 0 radical (unpaired) electrons. The first-order chi connectivity index (χ1) is 10.1. The predicted octanol–water partition coefficient (Wildman–Crippen LogP) is 3.46. The third-order valence-corrected chi connectivity index (χ3v) is 4.41. The van der Waals surface area contributed by atoms with Gasteiger partial charge in [-0.1, -0.05) is 0 Å². The van der Waals surface area contributed by atoms with Crippen LogP contribution >= 0.6 is 11.8 Å². The average Bonchev–Trinajstić information content (AvgIpc) is 3.06. The normalized spacial score (nSPS) is 11.0. The summed E-state index contributed by atoms with van der Waals surface area (Å²) in [6, 6.07) is 5.76. The minimum absolute atomic E-state index is 0.170. The molecular formula is C16H21NO3S. The lowest BCUT2D eigenvalue weighted by Crippen LogP contribution is -2.09. The molecule has 0 fully saturated rings. The number of furan rings is 1. The molecule has 21 heavy (non-hydrogen) atoms. The summed E-state index contributed by atoms with van der Waals surface area (Å²) >= 11 is 1.58. The van der Waals surface area contributed by atoms with Crippen LogP contribution in [0.2, 0.25) is 0 Å². The first kappa shape index (κ1) is 15.9. The highest BCUT2D eigenvalue weighted by atomic mass is 32.2. The Hall–Kier alpha value is -1.46. The van der Waals surface area contributed by atoms with Gasteiger partial charge in [-0.2, -0.15) is 0 Å². The molecule has 0 aromatic carbocycles. The molecule has 2 aromatic rings. The molecule has 0 saturated heterocycles. The van der Waals surface area contributed by atoms with Gasteiger partial charge in [0.25, 0.3) is 0 Å². The number of aromatic nitrogens is 1. The van der Waals surface area contributed by atoms with Crippen LogP contribution in [0.5, 0.6) is 0 Å². The number of Topliss-reactive ketones (excluding diaryl/α,β-unsaturated/α-hetero) is 1. The van der Waals surface area contributed by atoms with Gasteiger partial charge in [-0.15, -0.1) is 11.8 Å². The van der Waals surface area contributed by atoms with Gasteiger partial charge in [0.15, 0.2) is 5.78 Å². The van der Waals surface area contributed by atoms with Crippen LogP contribution in [-0.2, 0) is 17.0 Å². The number of rotatable bonds is 8. The van der Waals surface area contributed by atoms with E-state index in [-0.39, 0.29) is 5.78 Å². The molecule has 2 rings (SSSR count). The van der Waals surface area contributed by atoms with Crippen LogP contribution in [0, 0.1) is 13.8 Å². The second-order valence-electron chi connectivity index (χ2n) is 4.92. The molecule has 2 aromatic heterocycles. The fourth-order valence-electron chi connectivity index (χ4n) is 2.33. The standard InChI is InChI=1S/C16H21NO3S/c1-12-9-15(13(2)17(12)6-8-19-3)16(18)11-21-10-14-5-4-7-20-14/h4-5,7,9H,6,8,10-11H2,1-3H3. The maximum atomic E-state index is 12.3. The molecule has 0 aliphatic heterocycles. The Morgan fingerprint density at radius 3 is 2.90 bits per heavy atom. The van der Waals surface area contributed by atoms with Gasteiger partial charge >= 0.3 is 0 Å². The van der Waals surface area contributed by atoms with Crippen LogP contribution in [0.4, 0.5) is 0 Å². The second-order valence-corrected chi connectivity index (χ2v) is 5.91. The van der Waals surface area contributed by atoms with Crippen LogP contribution in [0.3, 0.4) is 0 Å². The minimum atomic E-state index is 0.170. The van der Waals surface area contributed by atoms with Crippen molar-refractivity contribution in [2.24, 2.45) is 0 Å². The van der Waals surface area contributed by atoms with Crippen LogP contribution in [0.15, 0.2) is 28.9 Å². The zero-order chi connectivity index (χ0) is 15.2. The SMILES string of the molecule is COCCn1c(C)cc(C(=O)CSCc2ccco2)c1C. The van der Waals surface area contributed by atoms with Crippen LogP contribution in [0.1, 0.15) is 27.5 Å². The molecule has 0 amide bonds. The first-order valence-corrected chi connectivity index (χ1v) is 8.08. The van der Waals surface area contributed by atoms with Crippen molar-refractivity contribution in [1.29, 1.82) is 0 Å². The lowest BCUT2D eigenvalue weighted by atomic mass is 10.2. The zero-order valence-electron chi connectivity index (χ0n) is 12.7. The molecule has 2 heterocycles. The third kappa shape index (κ3) is 4.02. The number of ether oxygens (including phenoxy) is 1. The fraction of sp³-hybridized carbons (Fsp3) is 0.438. The first-order valence-electron chi connectivity index (χ1n) is 6.92. The highest BCUT2D eigenvalue weighted by molar-refractivity contribution is 7.99. The number of ketones is 1. The summed E-state index contributed by atoms with van der Waals surface area (Å²) in [5.74, 6) is 2.26. The van der Waals surface area contributed by atoms with Crippen molar-refractivity contribution in [3.63, 3.8) is 0 Å². The molecule has 0 unspecified atom stereocenters. The van der Waals surface area contributed by atoms with E-state index in [1.807, 2.05) is 32.0 Å². The molecule has 4 nitrogen and oxygen atoms in total. The highest BCUT2D eigenvalue weighted by Gasteiger charge is 2.15. The van der Waals surface area contributed by atoms with Crippen LogP contribution in [-0.4, -0.2) is 29.8 Å². The fourth-order valence-corrected chi connectivity index (χ4v) is 3.14. The van der Waals surface area contributed by atoms with Crippen molar-refractivity contribution in [1.82, 2.24) is 4.57 Å². The molecule has 114 valence electrons. The van der Waals surface area contributed by atoms with Crippen molar-refractivity contribution in [2.45, 2.75) is 26.1 Å². The minimum Gasteiger partial charge on any atom is -0.468 e. The monoisotopic (exact) mass is 307 g/mol. The lowest BCUT2D eigenvalue weighted by Gasteiger charge is -2.08. The second kappa shape index (κ2) is 7.52. The number of hydrogen-bond donors (Lipinski definition) is 0. The highest BCUT2D eigenvalue weighted by Crippen LogP contribution is 2.19. The smallest absolute Gasteiger partial charge is 0.174 e. The number of methoxy groups -OCH3 is 1. The van der Waals surface area contributed by atoms with E-state index in [1.54, 1.807) is 25.1 Å². The van der Waals surface area contributed by atoms with Gasteiger partial charge in [0, 0.05) is 30.6 Å². The third-order valence-electron chi connectivity index (χ3n) is 3.45. The number of aryl methyl sites for hydroxylation is 1. The van der Waals surface area contributed by atoms with E-state index in [0.717, 1.165) is 35.0 Å². The molecule has 0 spiro atoms. The van der Waals surface area contributed by atoms with Crippen LogP contribution in [0.25, 0.3) is 0 Å². The maximum absolute atomic E-state index is 12.3. The lowest BCUT2D eigenvalue weighted by molar-refractivity contribution is 0.102. The Balaban J connectivity index is 1.95. The quantitative estimate of drug-likeness (QED) is 0.701. The largest absolute Gasteiger partial charge is 0.468 e. The van der Waals surface area contributed by atoms with Crippen molar-refractivity contribution in [2.75, 3.05) is 19.5 Å².